The van der Waals surface area contributed by atoms with Gasteiger partial charge in [0.15, 0.2) is 11.0 Å². The molecule has 0 saturated carbocycles. The highest BCUT2D eigenvalue weighted by molar-refractivity contribution is 7.98. The predicted molar refractivity (Wildman–Crippen MR) is 147 cm³/mol. The number of nitro benzene ring substituents is 1. The van der Waals surface area contributed by atoms with Crippen molar-refractivity contribution in [2.45, 2.75) is 37.2 Å². The number of rotatable bonds is 10. The monoisotopic (exact) mass is 532 g/mol. The first-order chi connectivity index (χ1) is 18.3. The molecule has 11 heteroatoms. The number of aromatic nitrogens is 3. The lowest BCUT2D eigenvalue weighted by Crippen LogP contribution is -2.29. The van der Waals surface area contributed by atoms with Crippen LogP contribution >= 0.6 is 11.8 Å². The lowest BCUT2D eigenvalue weighted by molar-refractivity contribution is -0.384. The number of nitro groups is 1. The number of nitrogens with zero attached hydrogens (tertiary/aromatic N) is 4. The molecule has 0 aliphatic heterocycles. The molecule has 0 aliphatic rings. The van der Waals surface area contributed by atoms with Crippen LogP contribution in [0.15, 0.2) is 78.0 Å². The Bertz CT molecular complexity index is 1400. The standard InChI is InChI=1S/C27H28N6O4S/c1-18(2)20-7-9-21(10-8-20)29-26(34)28-16-25-30-31-27(38-17-19-5-4-6-24(15-19)37-3)32(25)22-11-13-23(14-12-22)33(35)36/h4-15,18H,16-17H2,1-3H3,(H2,28,29,34). The van der Waals surface area contributed by atoms with E-state index in [4.69, 9.17) is 4.74 Å². The molecular formula is C27H28N6O4S. The molecule has 0 saturated heterocycles. The molecule has 0 fully saturated rings. The molecule has 4 rings (SSSR count). The summed E-state index contributed by atoms with van der Waals surface area (Å²) in [5.41, 5.74) is 3.53. The number of benzene rings is 3. The van der Waals surface area contributed by atoms with E-state index in [9.17, 15) is 14.9 Å². The molecule has 0 bridgehead atoms. The van der Waals surface area contributed by atoms with Crippen LogP contribution in [0, 0.1) is 10.1 Å². The first-order valence-corrected chi connectivity index (χ1v) is 12.9. The zero-order valence-electron chi connectivity index (χ0n) is 21.2. The van der Waals surface area contributed by atoms with Gasteiger partial charge in [-0.05, 0) is 53.4 Å². The highest BCUT2D eigenvalue weighted by atomic mass is 32.2. The summed E-state index contributed by atoms with van der Waals surface area (Å²) < 4.78 is 7.09. The average molecular weight is 533 g/mol. The van der Waals surface area contributed by atoms with Crippen LogP contribution in [0.3, 0.4) is 0 Å². The summed E-state index contributed by atoms with van der Waals surface area (Å²) in [7, 11) is 1.62. The van der Waals surface area contributed by atoms with E-state index in [0.29, 0.717) is 34.0 Å². The number of methoxy groups -OCH3 is 1. The average Bonchev–Trinajstić information content (AvgIpc) is 3.34. The van der Waals surface area contributed by atoms with Gasteiger partial charge in [-0.2, -0.15) is 0 Å². The number of non-ortho nitro benzene ring substituents is 1. The van der Waals surface area contributed by atoms with Gasteiger partial charge in [0.2, 0.25) is 0 Å². The van der Waals surface area contributed by atoms with Gasteiger partial charge in [-0.3, -0.25) is 14.7 Å². The van der Waals surface area contributed by atoms with Crippen LogP contribution in [-0.4, -0.2) is 32.8 Å². The fourth-order valence-electron chi connectivity index (χ4n) is 3.69. The molecule has 2 N–H and O–H groups in total. The Hall–Kier alpha value is -4.38. The molecule has 0 radical (unpaired) electrons. The molecule has 38 heavy (non-hydrogen) atoms. The van der Waals surface area contributed by atoms with Gasteiger partial charge < -0.3 is 15.4 Å². The molecular weight excluding hydrogens is 504 g/mol. The van der Waals surface area contributed by atoms with E-state index in [1.807, 2.05) is 48.5 Å². The van der Waals surface area contributed by atoms with Crippen molar-refractivity contribution in [1.29, 1.82) is 0 Å². The second kappa shape index (κ2) is 12.2. The van der Waals surface area contributed by atoms with Gasteiger partial charge >= 0.3 is 6.03 Å². The van der Waals surface area contributed by atoms with E-state index in [0.717, 1.165) is 11.3 Å². The molecule has 0 aliphatic carbocycles. The van der Waals surface area contributed by atoms with Crippen LogP contribution in [-0.2, 0) is 12.3 Å². The quantitative estimate of drug-likeness (QED) is 0.148. The fraction of sp³-hybridized carbons (Fsp3) is 0.222. The topological polar surface area (TPSA) is 124 Å². The molecule has 4 aromatic rings. The first-order valence-electron chi connectivity index (χ1n) is 11.9. The Labute approximate surface area is 224 Å². The van der Waals surface area contributed by atoms with Crippen molar-refractivity contribution in [3.8, 4) is 11.4 Å². The minimum absolute atomic E-state index is 0.0186. The number of thioether (sulfide) groups is 1. The summed E-state index contributed by atoms with van der Waals surface area (Å²) in [6.07, 6.45) is 0. The van der Waals surface area contributed by atoms with Crippen molar-refractivity contribution in [2.75, 3.05) is 12.4 Å². The zero-order valence-corrected chi connectivity index (χ0v) is 22.1. The summed E-state index contributed by atoms with van der Waals surface area (Å²) in [6.45, 7) is 4.32. The lowest BCUT2D eigenvalue weighted by Gasteiger charge is -2.12. The smallest absolute Gasteiger partial charge is 0.319 e. The van der Waals surface area contributed by atoms with Gasteiger partial charge in [0.1, 0.15) is 5.75 Å². The van der Waals surface area contributed by atoms with Crippen LogP contribution in [0.25, 0.3) is 5.69 Å². The maximum absolute atomic E-state index is 12.6. The van der Waals surface area contributed by atoms with Crippen molar-refractivity contribution in [1.82, 2.24) is 20.1 Å². The summed E-state index contributed by atoms with van der Waals surface area (Å²) in [5, 5.41) is 26.0. The number of ether oxygens (including phenoxy) is 1. The van der Waals surface area contributed by atoms with Crippen LogP contribution in [0.1, 0.15) is 36.7 Å². The second-order valence-corrected chi connectivity index (χ2v) is 9.67. The van der Waals surface area contributed by atoms with Gasteiger partial charge in [-0.15, -0.1) is 10.2 Å². The maximum Gasteiger partial charge on any atom is 0.319 e. The van der Waals surface area contributed by atoms with Crippen molar-refractivity contribution >= 4 is 29.2 Å². The minimum atomic E-state index is -0.450. The molecule has 196 valence electrons. The summed E-state index contributed by atoms with van der Waals surface area (Å²) in [6, 6.07) is 21.2. The highest BCUT2D eigenvalue weighted by Crippen LogP contribution is 2.27. The number of nitrogens with one attached hydrogen (secondary N) is 2. The third-order valence-electron chi connectivity index (χ3n) is 5.76. The molecule has 1 heterocycles. The first kappa shape index (κ1) is 26.7. The van der Waals surface area contributed by atoms with Gasteiger partial charge in [0, 0.05) is 29.3 Å². The summed E-state index contributed by atoms with van der Waals surface area (Å²) in [5.74, 6) is 2.24. The number of carbonyl (C=O) groups excluding carboxylic acids is 1. The Kier molecular flexibility index (Phi) is 8.59. The Balaban J connectivity index is 1.51. The second-order valence-electron chi connectivity index (χ2n) is 8.73. The van der Waals surface area contributed by atoms with Crippen molar-refractivity contribution in [3.63, 3.8) is 0 Å². The number of amides is 2. The van der Waals surface area contributed by atoms with Crippen molar-refractivity contribution in [3.05, 3.63) is 99.9 Å². The van der Waals surface area contributed by atoms with E-state index >= 15 is 0 Å². The van der Waals surface area contributed by atoms with E-state index in [2.05, 4.69) is 34.7 Å². The molecule has 1 aromatic heterocycles. The maximum atomic E-state index is 12.6. The molecule has 10 nitrogen and oxygen atoms in total. The largest absolute Gasteiger partial charge is 0.497 e. The number of carbonyl (C=O) groups is 1. The highest BCUT2D eigenvalue weighted by Gasteiger charge is 2.17. The molecule has 0 atom stereocenters. The predicted octanol–water partition coefficient (Wildman–Crippen LogP) is 5.92. The minimum Gasteiger partial charge on any atom is -0.497 e. The van der Waals surface area contributed by atoms with Crippen LogP contribution in [0.2, 0.25) is 0 Å². The Morgan fingerprint density at radius 3 is 2.47 bits per heavy atom. The SMILES string of the molecule is COc1cccc(CSc2nnc(CNC(=O)Nc3ccc(C(C)C)cc3)n2-c2ccc([N+](=O)[O-])cc2)c1. The number of hydrogen-bond donors (Lipinski definition) is 2. The van der Waals surface area contributed by atoms with Gasteiger partial charge in [0.25, 0.3) is 5.69 Å². The molecule has 0 unspecified atom stereocenters. The summed E-state index contributed by atoms with van der Waals surface area (Å²) in [4.78, 5) is 23.3. The Morgan fingerprint density at radius 2 is 1.82 bits per heavy atom. The Morgan fingerprint density at radius 1 is 1.08 bits per heavy atom. The van der Waals surface area contributed by atoms with E-state index in [1.54, 1.807) is 23.8 Å². The third-order valence-corrected chi connectivity index (χ3v) is 6.76. The van der Waals surface area contributed by atoms with Gasteiger partial charge in [0.05, 0.1) is 18.6 Å². The molecule has 2 amide bonds. The van der Waals surface area contributed by atoms with E-state index < -0.39 is 4.92 Å². The van der Waals surface area contributed by atoms with E-state index in [-0.39, 0.29) is 18.3 Å². The van der Waals surface area contributed by atoms with E-state index in [1.165, 1.54) is 29.5 Å². The molecule has 3 aromatic carbocycles. The molecule has 0 spiro atoms. The van der Waals surface area contributed by atoms with Crippen LogP contribution in [0.5, 0.6) is 5.75 Å². The van der Waals surface area contributed by atoms with Crippen LogP contribution in [0.4, 0.5) is 16.2 Å². The van der Waals surface area contributed by atoms with Crippen molar-refractivity contribution < 1.29 is 14.5 Å². The zero-order chi connectivity index (χ0) is 27.1. The summed E-state index contributed by atoms with van der Waals surface area (Å²) >= 11 is 1.46. The lowest BCUT2D eigenvalue weighted by atomic mass is 10.0. The number of anilines is 1. The normalized spacial score (nSPS) is 10.8. The number of hydrogen-bond acceptors (Lipinski definition) is 7. The third kappa shape index (κ3) is 6.68. The number of urea groups is 1. The fourth-order valence-corrected chi connectivity index (χ4v) is 4.60. The van der Waals surface area contributed by atoms with Crippen molar-refractivity contribution in [2.24, 2.45) is 0 Å². The van der Waals surface area contributed by atoms with Gasteiger partial charge in [-0.1, -0.05) is 49.9 Å². The van der Waals surface area contributed by atoms with Crippen LogP contribution < -0.4 is 15.4 Å². The van der Waals surface area contributed by atoms with Gasteiger partial charge in [-0.25, -0.2) is 4.79 Å².